The topological polar surface area (TPSA) is 135 Å². The molecule has 6 unspecified atom stereocenters. The molecule has 47 heavy (non-hydrogen) atoms. The molecule has 0 amide bonds. The monoisotopic (exact) mass is 675 g/mol. The van der Waals surface area contributed by atoms with Crippen molar-refractivity contribution in [3.8, 4) is 0 Å². The molecule has 1 aliphatic heterocycles. The summed E-state index contributed by atoms with van der Waals surface area (Å²) in [4.78, 5) is 12.7. The maximum atomic E-state index is 12.7. The molecule has 1 saturated heterocycles. The number of carbonyl (C=O) groups excluding carboxylic acids is 1. The predicted octanol–water partition coefficient (Wildman–Crippen LogP) is 7.52. The zero-order valence-electron chi connectivity index (χ0n) is 30.3. The Hall–Kier alpha value is -0.810. The van der Waals surface area contributed by atoms with Crippen molar-refractivity contribution in [2.75, 3.05) is 26.4 Å². The molecule has 0 aromatic heterocycles. The molecule has 0 bridgehead atoms. The van der Waals surface area contributed by atoms with Crippen LogP contribution in [0.3, 0.4) is 0 Å². The third-order valence-corrected chi connectivity index (χ3v) is 9.27. The number of rotatable bonds is 33. The molecular weight excluding hydrogens is 600 g/mol. The summed E-state index contributed by atoms with van der Waals surface area (Å²) >= 11 is 0. The van der Waals surface area contributed by atoms with E-state index >= 15 is 0 Å². The maximum Gasteiger partial charge on any atom is 0.306 e. The van der Waals surface area contributed by atoms with E-state index in [1.54, 1.807) is 0 Å². The Bertz CT molecular complexity index is 692. The molecule has 1 heterocycles. The van der Waals surface area contributed by atoms with Crippen molar-refractivity contribution in [3.63, 3.8) is 0 Å². The molecule has 9 nitrogen and oxygen atoms in total. The average Bonchev–Trinajstić information content (AvgIpc) is 3.07. The van der Waals surface area contributed by atoms with E-state index in [4.69, 9.17) is 18.9 Å². The van der Waals surface area contributed by atoms with Crippen LogP contribution < -0.4 is 0 Å². The highest BCUT2D eigenvalue weighted by atomic mass is 16.7. The Balaban J connectivity index is 2.30. The van der Waals surface area contributed by atoms with E-state index in [1.165, 1.54) is 122 Å². The largest absolute Gasteiger partial charge is 0.457 e. The molecule has 9 heteroatoms. The van der Waals surface area contributed by atoms with E-state index in [0.29, 0.717) is 13.0 Å². The molecule has 0 radical (unpaired) electrons. The third-order valence-electron chi connectivity index (χ3n) is 9.27. The SMILES string of the molecule is CCCCCCCCCCCCCCCCC(=O)OC(COCCCCCCCCCCCC)COC1OC(CO)C(O)C(O)C1O. The van der Waals surface area contributed by atoms with Gasteiger partial charge in [0, 0.05) is 13.0 Å². The summed E-state index contributed by atoms with van der Waals surface area (Å²) in [5.74, 6) is -0.311. The minimum atomic E-state index is -1.53. The highest BCUT2D eigenvalue weighted by molar-refractivity contribution is 5.69. The Morgan fingerprint density at radius 1 is 0.596 bits per heavy atom. The quantitative estimate of drug-likeness (QED) is 0.0412. The molecule has 0 aromatic rings. The van der Waals surface area contributed by atoms with Crippen LogP contribution in [-0.2, 0) is 23.7 Å². The van der Waals surface area contributed by atoms with Crippen molar-refractivity contribution >= 4 is 5.97 Å². The molecule has 0 saturated carbocycles. The zero-order valence-corrected chi connectivity index (χ0v) is 30.3. The van der Waals surface area contributed by atoms with Gasteiger partial charge in [-0.1, -0.05) is 155 Å². The maximum absolute atomic E-state index is 12.7. The van der Waals surface area contributed by atoms with Gasteiger partial charge in [-0.25, -0.2) is 0 Å². The lowest BCUT2D eigenvalue weighted by Crippen LogP contribution is -2.59. The minimum Gasteiger partial charge on any atom is -0.457 e. The number of aliphatic hydroxyl groups is 4. The van der Waals surface area contributed by atoms with E-state index in [9.17, 15) is 25.2 Å². The van der Waals surface area contributed by atoms with Gasteiger partial charge in [-0.15, -0.1) is 0 Å². The molecule has 280 valence electrons. The van der Waals surface area contributed by atoms with Crippen molar-refractivity contribution < 1.29 is 44.2 Å². The lowest BCUT2D eigenvalue weighted by atomic mass is 9.99. The second-order valence-corrected chi connectivity index (χ2v) is 13.7. The van der Waals surface area contributed by atoms with Crippen LogP contribution in [0.2, 0.25) is 0 Å². The van der Waals surface area contributed by atoms with Crippen LogP contribution in [0, 0.1) is 0 Å². The lowest BCUT2D eigenvalue weighted by Gasteiger charge is -2.39. The van der Waals surface area contributed by atoms with E-state index in [0.717, 1.165) is 32.1 Å². The van der Waals surface area contributed by atoms with E-state index in [1.807, 2.05) is 0 Å². The first-order chi connectivity index (χ1) is 22.9. The van der Waals surface area contributed by atoms with Crippen molar-refractivity contribution in [2.24, 2.45) is 0 Å². The minimum absolute atomic E-state index is 0.106. The summed E-state index contributed by atoms with van der Waals surface area (Å²) in [5.41, 5.74) is 0. The number of ether oxygens (including phenoxy) is 4. The first-order valence-corrected chi connectivity index (χ1v) is 19.6. The van der Waals surface area contributed by atoms with Gasteiger partial charge in [0.25, 0.3) is 0 Å². The van der Waals surface area contributed by atoms with Crippen LogP contribution >= 0.6 is 0 Å². The number of carbonyl (C=O) groups is 1. The molecule has 6 atom stereocenters. The van der Waals surface area contributed by atoms with Gasteiger partial charge in [0.05, 0.1) is 19.8 Å². The summed E-state index contributed by atoms with van der Waals surface area (Å²) in [6.45, 7) is 4.56. The fraction of sp³-hybridized carbons (Fsp3) is 0.974. The second-order valence-electron chi connectivity index (χ2n) is 13.7. The Kier molecular flexibility index (Phi) is 29.3. The second kappa shape index (κ2) is 31.2. The van der Waals surface area contributed by atoms with Gasteiger partial charge in [-0.05, 0) is 12.8 Å². The standard InChI is InChI=1S/C38H74O9/c1-3-5-7-9-11-13-15-16-17-18-19-21-23-25-27-34(40)46-32(30-44-28-26-24-22-20-14-12-10-8-6-4-2)31-45-38-37(43)36(42)35(41)33(29-39)47-38/h32-33,35-39,41-43H,3-31H2,1-2H3. The smallest absolute Gasteiger partial charge is 0.306 e. The number of esters is 1. The molecule has 4 N–H and O–H groups in total. The van der Waals surface area contributed by atoms with E-state index in [2.05, 4.69) is 13.8 Å². The average molecular weight is 675 g/mol. The number of hydrogen-bond acceptors (Lipinski definition) is 9. The zero-order chi connectivity index (χ0) is 34.4. The Morgan fingerprint density at radius 2 is 1.04 bits per heavy atom. The van der Waals surface area contributed by atoms with Gasteiger partial charge in [0.2, 0.25) is 0 Å². The molecule has 1 fully saturated rings. The highest BCUT2D eigenvalue weighted by Gasteiger charge is 2.44. The van der Waals surface area contributed by atoms with Gasteiger partial charge in [0.15, 0.2) is 6.29 Å². The number of unbranched alkanes of at least 4 members (excludes halogenated alkanes) is 22. The molecule has 0 spiro atoms. The molecule has 1 rings (SSSR count). The van der Waals surface area contributed by atoms with Crippen LogP contribution in [0.1, 0.15) is 174 Å². The molecule has 1 aliphatic rings. The predicted molar refractivity (Wildman–Crippen MR) is 187 cm³/mol. The highest BCUT2D eigenvalue weighted by Crippen LogP contribution is 2.22. The summed E-state index contributed by atoms with van der Waals surface area (Å²) in [5, 5.41) is 39.9. The van der Waals surface area contributed by atoms with Crippen molar-refractivity contribution in [2.45, 2.75) is 211 Å². The summed E-state index contributed by atoms with van der Waals surface area (Å²) in [6, 6.07) is 0. The van der Waals surface area contributed by atoms with Gasteiger partial charge in [0.1, 0.15) is 30.5 Å². The Labute approximate surface area is 287 Å². The fourth-order valence-electron chi connectivity index (χ4n) is 6.14. The van der Waals surface area contributed by atoms with Crippen LogP contribution in [0.5, 0.6) is 0 Å². The first-order valence-electron chi connectivity index (χ1n) is 19.6. The van der Waals surface area contributed by atoms with Crippen LogP contribution in [0.15, 0.2) is 0 Å². The Morgan fingerprint density at radius 3 is 1.51 bits per heavy atom. The van der Waals surface area contributed by atoms with Crippen molar-refractivity contribution in [1.29, 1.82) is 0 Å². The molecule has 0 aliphatic carbocycles. The third kappa shape index (κ3) is 23.3. The van der Waals surface area contributed by atoms with Crippen LogP contribution in [-0.4, -0.2) is 89.6 Å². The molecular formula is C38H74O9. The van der Waals surface area contributed by atoms with Gasteiger partial charge in [-0.3, -0.25) is 4.79 Å². The summed E-state index contributed by atoms with van der Waals surface area (Å²) in [7, 11) is 0. The van der Waals surface area contributed by atoms with E-state index < -0.39 is 43.4 Å². The van der Waals surface area contributed by atoms with Gasteiger partial charge < -0.3 is 39.4 Å². The van der Waals surface area contributed by atoms with Gasteiger partial charge >= 0.3 is 5.97 Å². The number of aliphatic hydroxyl groups excluding tert-OH is 4. The summed E-state index contributed by atoms with van der Waals surface area (Å²) in [6.07, 6.45) is 22.7. The van der Waals surface area contributed by atoms with Crippen LogP contribution in [0.25, 0.3) is 0 Å². The van der Waals surface area contributed by atoms with Gasteiger partial charge in [-0.2, -0.15) is 0 Å². The van der Waals surface area contributed by atoms with E-state index in [-0.39, 0.29) is 19.2 Å². The number of hydrogen-bond donors (Lipinski definition) is 4. The summed E-state index contributed by atoms with van der Waals surface area (Å²) < 4.78 is 22.7. The van der Waals surface area contributed by atoms with Crippen molar-refractivity contribution in [1.82, 2.24) is 0 Å². The molecule has 0 aromatic carbocycles. The van der Waals surface area contributed by atoms with Crippen molar-refractivity contribution in [3.05, 3.63) is 0 Å². The normalized spacial score (nSPS) is 22.0. The van der Waals surface area contributed by atoms with Crippen LogP contribution in [0.4, 0.5) is 0 Å². The lowest BCUT2D eigenvalue weighted by molar-refractivity contribution is -0.305. The first kappa shape index (κ1) is 44.2. The fourth-order valence-corrected chi connectivity index (χ4v) is 6.14.